The molecule has 2 nitrogen and oxygen atoms in total. The van der Waals surface area contributed by atoms with E-state index in [1.807, 2.05) is 0 Å². The molecule has 0 saturated carbocycles. The molecule has 0 amide bonds. The van der Waals surface area contributed by atoms with E-state index in [2.05, 4.69) is 0 Å². The quantitative estimate of drug-likeness (QED) is 0.556. The minimum atomic E-state index is -0.356. The van der Waals surface area contributed by atoms with Crippen molar-refractivity contribution in [1.82, 2.24) is 0 Å². The lowest BCUT2D eigenvalue weighted by molar-refractivity contribution is 0.104. The molecule has 0 aromatic heterocycles. The average molecular weight is 179 g/mol. The number of rotatable bonds is 2. The number of nitrogens with two attached hydrogens (primary N) is 1. The first kappa shape index (κ1) is 9.45. The Hall–Kier alpha value is -1.64. The second kappa shape index (κ2) is 3.85. The number of carbonyl (C=O) groups is 1. The van der Waals surface area contributed by atoms with Crippen LogP contribution in [0.15, 0.2) is 36.0 Å². The summed E-state index contributed by atoms with van der Waals surface area (Å²) in [7, 11) is 0. The molecule has 0 heterocycles. The van der Waals surface area contributed by atoms with Gasteiger partial charge < -0.3 is 5.73 Å². The molecule has 0 saturated heterocycles. The lowest BCUT2D eigenvalue weighted by Gasteiger charge is -1.95. The highest BCUT2D eigenvalue weighted by Gasteiger charge is 2.01. The van der Waals surface area contributed by atoms with Gasteiger partial charge in [-0.2, -0.15) is 0 Å². The van der Waals surface area contributed by atoms with Crippen LogP contribution in [-0.2, 0) is 0 Å². The van der Waals surface area contributed by atoms with Crippen molar-refractivity contribution in [2.24, 2.45) is 5.73 Å². The number of allylic oxidation sites excluding steroid dienone is 2. The van der Waals surface area contributed by atoms with E-state index in [4.69, 9.17) is 5.73 Å². The molecule has 2 N–H and O–H groups in total. The first-order chi connectivity index (χ1) is 6.09. The third-order valence-electron chi connectivity index (χ3n) is 1.49. The minimum absolute atomic E-state index is 0.208. The zero-order valence-electron chi connectivity index (χ0n) is 7.25. The van der Waals surface area contributed by atoms with Gasteiger partial charge in [0, 0.05) is 17.3 Å². The van der Waals surface area contributed by atoms with Gasteiger partial charge in [-0.15, -0.1) is 0 Å². The zero-order valence-corrected chi connectivity index (χ0v) is 7.25. The van der Waals surface area contributed by atoms with Crippen LogP contribution in [0.4, 0.5) is 4.39 Å². The molecule has 1 aromatic carbocycles. The first-order valence-electron chi connectivity index (χ1n) is 3.83. The molecule has 0 bridgehead atoms. The van der Waals surface area contributed by atoms with Gasteiger partial charge in [-0.1, -0.05) is 0 Å². The van der Waals surface area contributed by atoms with Gasteiger partial charge in [0.1, 0.15) is 5.82 Å². The minimum Gasteiger partial charge on any atom is -0.402 e. The second-order valence-electron chi connectivity index (χ2n) is 2.76. The van der Waals surface area contributed by atoms with Crippen molar-refractivity contribution < 1.29 is 9.18 Å². The van der Waals surface area contributed by atoms with E-state index in [-0.39, 0.29) is 11.6 Å². The third-order valence-corrected chi connectivity index (χ3v) is 1.49. The van der Waals surface area contributed by atoms with Gasteiger partial charge in [0.25, 0.3) is 0 Å². The molecular weight excluding hydrogens is 169 g/mol. The third kappa shape index (κ3) is 2.71. The van der Waals surface area contributed by atoms with E-state index in [1.54, 1.807) is 6.92 Å². The predicted molar refractivity (Wildman–Crippen MR) is 48.7 cm³/mol. The van der Waals surface area contributed by atoms with Crippen LogP contribution in [0.1, 0.15) is 17.3 Å². The normalized spacial score (nSPS) is 11.4. The summed E-state index contributed by atoms with van der Waals surface area (Å²) in [6.07, 6.45) is 1.31. The molecule has 1 rings (SSSR count). The van der Waals surface area contributed by atoms with Crippen LogP contribution in [0.25, 0.3) is 0 Å². The van der Waals surface area contributed by atoms with Crippen molar-refractivity contribution in [3.05, 3.63) is 47.4 Å². The maximum atomic E-state index is 12.5. The van der Waals surface area contributed by atoms with E-state index >= 15 is 0 Å². The van der Waals surface area contributed by atoms with Gasteiger partial charge in [-0.05, 0) is 31.2 Å². The Morgan fingerprint density at radius 1 is 1.38 bits per heavy atom. The van der Waals surface area contributed by atoms with Gasteiger partial charge >= 0.3 is 0 Å². The monoisotopic (exact) mass is 179 g/mol. The van der Waals surface area contributed by atoms with Gasteiger partial charge in [0.05, 0.1) is 0 Å². The van der Waals surface area contributed by atoms with Crippen LogP contribution in [0, 0.1) is 5.82 Å². The average Bonchev–Trinajstić information content (AvgIpc) is 2.04. The van der Waals surface area contributed by atoms with Gasteiger partial charge in [-0.3, -0.25) is 4.79 Å². The number of benzene rings is 1. The number of ketones is 1. The largest absolute Gasteiger partial charge is 0.402 e. The number of halogens is 1. The van der Waals surface area contributed by atoms with Crippen LogP contribution >= 0.6 is 0 Å². The summed E-state index contributed by atoms with van der Waals surface area (Å²) in [6, 6.07) is 5.34. The van der Waals surface area contributed by atoms with Gasteiger partial charge in [0.15, 0.2) is 5.78 Å². The maximum Gasteiger partial charge on any atom is 0.187 e. The van der Waals surface area contributed by atoms with E-state index in [0.717, 1.165) is 0 Å². The van der Waals surface area contributed by atoms with Crippen molar-refractivity contribution in [2.75, 3.05) is 0 Å². The summed E-state index contributed by atoms with van der Waals surface area (Å²) in [4.78, 5) is 11.3. The van der Waals surface area contributed by atoms with E-state index < -0.39 is 0 Å². The molecule has 0 fully saturated rings. The zero-order chi connectivity index (χ0) is 9.84. The van der Waals surface area contributed by atoms with Gasteiger partial charge in [0.2, 0.25) is 0 Å². The van der Waals surface area contributed by atoms with Crippen LogP contribution in [0.3, 0.4) is 0 Å². The van der Waals surface area contributed by atoms with Gasteiger partial charge in [-0.25, -0.2) is 4.39 Å². The molecule has 68 valence electrons. The molecule has 0 aliphatic carbocycles. The molecule has 0 radical (unpaired) electrons. The SMILES string of the molecule is C/C(N)=C/C(=O)c1ccc(F)cc1. The fourth-order valence-corrected chi connectivity index (χ4v) is 0.904. The lowest BCUT2D eigenvalue weighted by Crippen LogP contribution is -1.99. The van der Waals surface area contributed by atoms with E-state index in [0.29, 0.717) is 11.3 Å². The van der Waals surface area contributed by atoms with Crippen molar-refractivity contribution in [3.8, 4) is 0 Å². The number of hydrogen-bond acceptors (Lipinski definition) is 2. The highest BCUT2D eigenvalue weighted by Crippen LogP contribution is 2.04. The number of carbonyl (C=O) groups excluding carboxylic acids is 1. The number of hydrogen-bond donors (Lipinski definition) is 1. The van der Waals surface area contributed by atoms with Crippen LogP contribution in [0.5, 0.6) is 0 Å². The Morgan fingerprint density at radius 2 is 1.92 bits per heavy atom. The van der Waals surface area contributed by atoms with Crippen molar-refractivity contribution in [2.45, 2.75) is 6.92 Å². The standard InChI is InChI=1S/C10H10FNO/c1-7(12)6-10(13)8-2-4-9(11)5-3-8/h2-6H,12H2,1H3/b7-6-. The fourth-order valence-electron chi connectivity index (χ4n) is 0.904. The Labute approximate surface area is 75.9 Å². The fraction of sp³-hybridized carbons (Fsp3) is 0.100. The second-order valence-corrected chi connectivity index (χ2v) is 2.76. The Bertz CT molecular complexity index is 336. The van der Waals surface area contributed by atoms with Crippen molar-refractivity contribution in [1.29, 1.82) is 0 Å². The van der Waals surface area contributed by atoms with E-state index in [1.165, 1.54) is 30.3 Å². The van der Waals surface area contributed by atoms with Crippen LogP contribution in [-0.4, -0.2) is 5.78 Å². The summed E-state index contributed by atoms with van der Waals surface area (Å²) in [5.41, 5.74) is 6.20. The van der Waals surface area contributed by atoms with Crippen LogP contribution < -0.4 is 5.73 Å². The maximum absolute atomic E-state index is 12.5. The Balaban J connectivity index is 2.90. The molecule has 0 unspecified atom stereocenters. The molecule has 0 atom stereocenters. The summed E-state index contributed by atoms with van der Waals surface area (Å²) in [5, 5.41) is 0. The molecular formula is C10H10FNO. The highest BCUT2D eigenvalue weighted by atomic mass is 19.1. The summed E-state index contributed by atoms with van der Waals surface area (Å²) >= 11 is 0. The summed E-state index contributed by atoms with van der Waals surface area (Å²) in [5.74, 6) is -0.565. The lowest BCUT2D eigenvalue weighted by atomic mass is 10.1. The Kier molecular flexibility index (Phi) is 2.80. The topological polar surface area (TPSA) is 43.1 Å². The summed E-state index contributed by atoms with van der Waals surface area (Å²) < 4.78 is 12.5. The predicted octanol–water partition coefficient (Wildman–Crippen LogP) is 1.87. The molecule has 0 aliphatic rings. The molecule has 0 aliphatic heterocycles. The smallest absolute Gasteiger partial charge is 0.187 e. The molecule has 3 heteroatoms. The molecule has 0 spiro atoms. The molecule has 13 heavy (non-hydrogen) atoms. The molecule has 1 aromatic rings. The van der Waals surface area contributed by atoms with Crippen LogP contribution in [0.2, 0.25) is 0 Å². The first-order valence-corrected chi connectivity index (χ1v) is 3.83. The van der Waals surface area contributed by atoms with Crippen molar-refractivity contribution in [3.63, 3.8) is 0 Å². The summed E-state index contributed by atoms with van der Waals surface area (Å²) in [6.45, 7) is 1.63. The Morgan fingerprint density at radius 3 is 2.38 bits per heavy atom. The van der Waals surface area contributed by atoms with E-state index in [9.17, 15) is 9.18 Å². The highest BCUT2D eigenvalue weighted by molar-refractivity contribution is 6.04. The van der Waals surface area contributed by atoms with Crippen molar-refractivity contribution >= 4 is 5.78 Å².